The van der Waals surface area contributed by atoms with Gasteiger partial charge in [0.25, 0.3) is 0 Å². The standard InChI is InChI=1S/C28H32N4O/c1-18-5-12-24-25-15-21(16-30-27(25)28(29)31-26(24)14-18)7-6-20-8-10-22(11-9-20)19(2)32-13-3-4-23(32)17-33/h5,8-12,14-16,19,23,33H,3-4,6-7,13,17H2,1-2H3,(H2,29,31)/t19?,23-/m0/s1. The molecule has 1 fully saturated rings. The molecule has 0 radical (unpaired) electrons. The third-order valence-corrected chi connectivity index (χ3v) is 7.17. The number of aromatic nitrogens is 2. The predicted octanol–water partition coefficient (Wildman–Crippen LogP) is 4.98. The molecule has 33 heavy (non-hydrogen) atoms. The number of anilines is 1. The van der Waals surface area contributed by atoms with E-state index in [0.717, 1.165) is 47.6 Å². The van der Waals surface area contributed by atoms with Gasteiger partial charge >= 0.3 is 0 Å². The van der Waals surface area contributed by atoms with Gasteiger partial charge in [-0.1, -0.05) is 36.4 Å². The van der Waals surface area contributed by atoms with Crippen LogP contribution in [-0.4, -0.2) is 39.2 Å². The number of hydrogen-bond acceptors (Lipinski definition) is 5. The summed E-state index contributed by atoms with van der Waals surface area (Å²) in [5, 5.41) is 11.8. The van der Waals surface area contributed by atoms with Crippen LogP contribution in [0.25, 0.3) is 21.8 Å². The fourth-order valence-corrected chi connectivity index (χ4v) is 5.21. The van der Waals surface area contributed by atoms with Crippen LogP contribution in [0.2, 0.25) is 0 Å². The molecule has 4 aromatic rings. The van der Waals surface area contributed by atoms with Gasteiger partial charge in [-0.15, -0.1) is 0 Å². The smallest absolute Gasteiger partial charge is 0.150 e. The molecule has 5 nitrogen and oxygen atoms in total. The Morgan fingerprint density at radius 3 is 2.64 bits per heavy atom. The van der Waals surface area contributed by atoms with E-state index in [1.807, 2.05) is 6.20 Å². The second-order valence-electron chi connectivity index (χ2n) is 9.39. The highest BCUT2D eigenvalue weighted by Crippen LogP contribution is 2.30. The maximum atomic E-state index is 9.65. The number of aliphatic hydroxyl groups excluding tert-OH is 1. The fraction of sp³-hybridized carbons (Fsp3) is 0.357. The number of nitrogens with two attached hydrogens (primary N) is 1. The molecule has 2 atom stereocenters. The molecule has 0 spiro atoms. The minimum atomic E-state index is 0.249. The van der Waals surface area contributed by atoms with E-state index in [2.05, 4.69) is 77.2 Å². The number of rotatable bonds is 6. The van der Waals surface area contributed by atoms with Crippen molar-refractivity contribution < 1.29 is 5.11 Å². The first-order valence-electron chi connectivity index (χ1n) is 11.9. The lowest BCUT2D eigenvalue weighted by atomic mass is 9.99. The summed E-state index contributed by atoms with van der Waals surface area (Å²) in [5.41, 5.74) is 12.9. The number of aliphatic hydroxyl groups is 1. The zero-order valence-corrected chi connectivity index (χ0v) is 19.5. The van der Waals surface area contributed by atoms with Crippen LogP contribution in [-0.2, 0) is 12.8 Å². The zero-order valence-electron chi connectivity index (χ0n) is 19.5. The molecule has 1 saturated heterocycles. The number of benzene rings is 2. The number of pyridine rings is 2. The first-order chi connectivity index (χ1) is 16.0. The summed E-state index contributed by atoms with van der Waals surface area (Å²) in [6.07, 6.45) is 6.08. The number of fused-ring (bicyclic) bond motifs is 3. The van der Waals surface area contributed by atoms with E-state index in [9.17, 15) is 5.11 Å². The highest BCUT2D eigenvalue weighted by Gasteiger charge is 2.28. The molecule has 0 saturated carbocycles. The molecule has 2 aromatic heterocycles. The van der Waals surface area contributed by atoms with Crippen molar-refractivity contribution in [1.82, 2.24) is 14.9 Å². The van der Waals surface area contributed by atoms with Crippen LogP contribution in [0.3, 0.4) is 0 Å². The Balaban J connectivity index is 1.33. The van der Waals surface area contributed by atoms with E-state index in [0.29, 0.717) is 17.9 Å². The molecule has 3 N–H and O–H groups in total. The number of aryl methyl sites for hydroxylation is 3. The summed E-state index contributed by atoms with van der Waals surface area (Å²) in [4.78, 5) is 11.6. The van der Waals surface area contributed by atoms with Gasteiger partial charge in [0.1, 0.15) is 5.52 Å². The molecule has 170 valence electrons. The highest BCUT2D eigenvalue weighted by molar-refractivity contribution is 6.08. The van der Waals surface area contributed by atoms with E-state index >= 15 is 0 Å². The first-order valence-corrected chi connectivity index (χ1v) is 11.9. The Kier molecular flexibility index (Phi) is 6.00. The summed E-state index contributed by atoms with van der Waals surface area (Å²) >= 11 is 0. The van der Waals surface area contributed by atoms with Crippen LogP contribution in [0, 0.1) is 6.92 Å². The Morgan fingerprint density at radius 1 is 1.06 bits per heavy atom. The van der Waals surface area contributed by atoms with Gasteiger partial charge < -0.3 is 10.8 Å². The molecular weight excluding hydrogens is 408 g/mol. The summed E-state index contributed by atoms with van der Waals surface area (Å²) in [7, 11) is 0. The molecule has 2 aromatic carbocycles. The van der Waals surface area contributed by atoms with E-state index in [4.69, 9.17) is 5.73 Å². The molecule has 5 heteroatoms. The Bertz CT molecular complexity index is 1280. The van der Waals surface area contributed by atoms with Crippen molar-refractivity contribution >= 4 is 27.6 Å². The van der Waals surface area contributed by atoms with Crippen molar-refractivity contribution in [3.63, 3.8) is 0 Å². The second kappa shape index (κ2) is 9.08. The summed E-state index contributed by atoms with van der Waals surface area (Å²) in [5.74, 6) is 0.487. The number of nitrogens with zero attached hydrogens (tertiary/aromatic N) is 3. The minimum Gasteiger partial charge on any atom is -0.395 e. The van der Waals surface area contributed by atoms with Crippen LogP contribution in [0.5, 0.6) is 0 Å². The fourth-order valence-electron chi connectivity index (χ4n) is 5.21. The maximum absolute atomic E-state index is 9.65. The van der Waals surface area contributed by atoms with Crippen molar-refractivity contribution in [2.24, 2.45) is 0 Å². The lowest BCUT2D eigenvalue weighted by Gasteiger charge is -2.30. The summed E-state index contributed by atoms with van der Waals surface area (Å²) in [6.45, 7) is 5.63. The molecule has 1 aliphatic heterocycles. The molecule has 3 heterocycles. The van der Waals surface area contributed by atoms with Crippen LogP contribution in [0.15, 0.2) is 54.7 Å². The molecule has 0 bridgehead atoms. The van der Waals surface area contributed by atoms with Crippen LogP contribution < -0.4 is 5.73 Å². The number of nitrogen functional groups attached to an aromatic ring is 1. The average molecular weight is 441 g/mol. The van der Waals surface area contributed by atoms with Crippen molar-refractivity contribution in [2.45, 2.75) is 51.6 Å². The monoisotopic (exact) mass is 440 g/mol. The summed E-state index contributed by atoms with van der Waals surface area (Å²) in [6, 6.07) is 18.1. The average Bonchev–Trinajstić information content (AvgIpc) is 3.31. The SMILES string of the molecule is Cc1ccc2c(c1)nc(N)c1ncc(CCc3ccc(C(C)N4CCC[C@H]4CO)cc3)cc12. The van der Waals surface area contributed by atoms with Crippen molar-refractivity contribution in [2.75, 3.05) is 18.9 Å². The van der Waals surface area contributed by atoms with Gasteiger partial charge in [-0.2, -0.15) is 0 Å². The van der Waals surface area contributed by atoms with Crippen LogP contribution in [0.4, 0.5) is 5.82 Å². The summed E-state index contributed by atoms with van der Waals surface area (Å²) < 4.78 is 0. The van der Waals surface area contributed by atoms with Gasteiger partial charge in [0.05, 0.1) is 12.1 Å². The van der Waals surface area contributed by atoms with Gasteiger partial charge in [-0.3, -0.25) is 9.88 Å². The predicted molar refractivity (Wildman–Crippen MR) is 135 cm³/mol. The molecular formula is C28H32N4O. The first kappa shape index (κ1) is 21.8. The third kappa shape index (κ3) is 4.31. The van der Waals surface area contributed by atoms with Crippen molar-refractivity contribution in [3.8, 4) is 0 Å². The third-order valence-electron chi connectivity index (χ3n) is 7.17. The lowest BCUT2D eigenvalue weighted by Crippen LogP contribution is -2.34. The highest BCUT2D eigenvalue weighted by atomic mass is 16.3. The van der Waals surface area contributed by atoms with Gasteiger partial charge in [-0.25, -0.2) is 4.98 Å². The lowest BCUT2D eigenvalue weighted by molar-refractivity contribution is 0.126. The Hall–Kier alpha value is -3.02. The number of likely N-dealkylation sites (tertiary alicyclic amines) is 1. The maximum Gasteiger partial charge on any atom is 0.150 e. The van der Waals surface area contributed by atoms with Crippen LogP contribution >= 0.6 is 0 Å². The van der Waals surface area contributed by atoms with Crippen LogP contribution in [0.1, 0.15) is 48.1 Å². The quantitative estimate of drug-likeness (QED) is 0.414. The van der Waals surface area contributed by atoms with Crippen molar-refractivity contribution in [1.29, 1.82) is 0 Å². The van der Waals surface area contributed by atoms with Crippen molar-refractivity contribution in [3.05, 3.63) is 77.0 Å². The van der Waals surface area contributed by atoms with Gasteiger partial charge in [-0.05, 0) is 80.5 Å². The van der Waals surface area contributed by atoms with E-state index < -0.39 is 0 Å². The molecule has 1 aliphatic rings. The van der Waals surface area contributed by atoms with E-state index in [-0.39, 0.29) is 6.61 Å². The molecule has 1 unspecified atom stereocenters. The normalized spacial score (nSPS) is 17.7. The Labute approximate surface area is 195 Å². The largest absolute Gasteiger partial charge is 0.395 e. The minimum absolute atomic E-state index is 0.249. The zero-order chi connectivity index (χ0) is 22.9. The van der Waals surface area contributed by atoms with E-state index in [1.54, 1.807) is 0 Å². The molecule has 0 aliphatic carbocycles. The van der Waals surface area contributed by atoms with E-state index in [1.165, 1.54) is 28.7 Å². The second-order valence-corrected chi connectivity index (χ2v) is 9.39. The van der Waals surface area contributed by atoms with Gasteiger partial charge in [0, 0.05) is 29.1 Å². The molecule has 0 amide bonds. The topological polar surface area (TPSA) is 75.3 Å². The Morgan fingerprint density at radius 2 is 1.85 bits per heavy atom. The van der Waals surface area contributed by atoms with Gasteiger partial charge in [0.15, 0.2) is 5.82 Å². The molecule has 5 rings (SSSR count). The van der Waals surface area contributed by atoms with Gasteiger partial charge in [0.2, 0.25) is 0 Å². The number of hydrogen-bond donors (Lipinski definition) is 2.